The van der Waals surface area contributed by atoms with Crippen molar-refractivity contribution in [1.82, 2.24) is 4.98 Å². The van der Waals surface area contributed by atoms with Gasteiger partial charge in [0, 0.05) is 5.92 Å². The molecule has 20 heavy (non-hydrogen) atoms. The summed E-state index contributed by atoms with van der Waals surface area (Å²) in [6, 6.07) is 7.42. The number of esters is 1. The van der Waals surface area contributed by atoms with Crippen LogP contribution in [0, 0.1) is 6.92 Å². The van der Waals surface area contributed by atoms with Gasteiger partial charge < -0.3 is 9.15 Å². The first-order valence-corrected chi connectivity index (χ1v) is 6.94. The van der Waals surface area contributed by atoms with Gasteiger partial charge in [-0.25, -0.2) is 9.78 Å². The maximum atomic E-state index is 12.0. The van der Waals surface area contributed by atoms with Crippen LogP contribution in [0.5, 0.6) is 0 Å². The second-order valence-electron chi connectivity index (χ2n) is 5.03. The monoisotopic (exact) mass is 271 g/mol. The van der Waals surface area contributed by atoms with E-state index in [1.807, 2.05) is 32.0 Å². The molecular formula is C16H17NO3. The van der Waals surface area contributed by atoms with Crippen molar-refractivity contribution in [2.75, 3.05) is 6.61 Å². The summed E-state index contributed by atoms with van der Waals surface area (Å²) in [5.41, 5.74) is 2.20. The van der Waals surface area contributed by atoms with Crippen LogP contribution in [0.4, 0.5) is 0 Å². The van der Waals surface area contributed by atoms with Crippen molar-refractivity contribution in [3.05, 3.63) is 41.3 Å². The van der Waals surface area contributed by atoms with E-state index in [2.05, 4.69) is 4.98 Å². The zero-order valence-corrected chi connectivity index (χ0v) is 11.7. The Kier molecular flexibility index (Phi) is 3.30. The molecule has 0 unspecified atom stereocenters. The van der Waals surface area contributed by atoms with Crippen LogP contribution in [0.3, 0.4) is 0 Å². The molecule has 0 N–H and O–H groups in total. The van der Waals surface area contributed by atoms with E-state index in [1.165, 1.54) is 0 Å². The van der Waals surface area contributed by atoms with Crippen molar-refractivity contribution in [1.29, 1.82) is 0 Å². The van der Waals surface area contributed by atoms with Gasteiger partial charge in [-0.15, -0.1) is 0 Å². The molecule has 2 aromatic rings. The summed E-state index contributed by atoms with van der Waals surface area (Å²) in [7, 11) is 0. The highest BCUT2D eigenvalue weighted by atomic mass is 16.5. The van der Waals surface area contributed by atoms with Gasteiger partial charge in [0.15, 0.2) is 5.76 Å². The summed E-state index contributed by atoms with van der Waals surface area (Å²) in [5.74, 6) is 1.68. The quantitative estimate of drug-likeness (QED) is 0.795. The normalized spacial score (nSPS) is 14.3. The number of pyridine rings is 1. The van der Waals surface area contributed by atoms with Gasteiger partial charge >= 0.3 is 5.97 Å². The number of aromatic nitrogens is 1. The number of nitrogens with zero attached hydrogens (tertiary/aromatic N) is 1. The molecular weight excluding hydrogens is 254 g/mol. The van der Waals surface area contributed by atoms with E-state index in [4.69, 9.17) is 9.15 Å². The fourth-order valence-corrected chi connectivity index (χ4v) is 2.23. The van der Waals surface area contributed by atoms with Crippen molar-refractivity contribution >= 4 is 5.97 Å². The smallest absolute Gasteiger partial charge is 0.339 e. The SMILES string of the molecule is CCOC(=O)c1ccc(-c2ccc(C)o2)nc1C1CC1. The second-order valence-corrected chi connectivity index (χ2v) is 5.03. The van der Waals surface area contributed by atoms with Crippen LogP contribution in [0.1, 0.15) is 47.5 Å². The van der Waals surface area contributed by atoms with Crippen molar-refractivity contribution in [2.45, 2.75) is 32.6 Å². The molecule has 4 heteroatoms. The Balaban J connectivity index is 1.99. The molecule has 0 saturated heterocycles. The summed E-state index contributed by atoms with van der Waals surface area (Å²) in [6.45, 7) is 4.09. The van der Waals surface area contributed by atoms with Gasteiger partial charge in [0.25, 0.3) is 0 Å². The maximum absolute atomic E-state index is 12.0. The number of rotatable bonds is 4. The molecule has 1 fully saturated rings. The fourth-order valence-electron chi connectivity index (χ4n) is 2.23. The van der Waals surface area contributed by atoms with E-state index < -0.39 is 0 Å². The molecule has 104 valence electrons. The van der Waals surface area contributed by atoms with E-state index in [0.717, 1.165) is 35.7 Å². The minimum absolute atomic E-state index is 0.288. The molecule has 0 amide bonds. The van der Waals surface area contributed by atoms with Gasteiger partial charge in [0.1, 0.15) is 11.5 Å². The van der Waals surface area contributed by atoms with Crippen LogP contribution in [0.2, 0.25) is 0 Å². The van der Waals surface area contributed by atoms with Crippen LogP contribution in [-0.2, 0) is 4.74 Å². The number of hydrogen-bond donors (Lipinski definition) is 0. The van der Waals surface area contributed by atoms with E-state index in [0.29, 0.717) is 18.1 Å². The Bertz CT molecular complexity index is 641. The molecule has 1 aliphatic rings. The van der Waals surface area contributed by atoms with Gasteiger partial charge in [0.2, 0.25) is 0 Å². The first kappa shape index (κ1) is 12.9. The lowest BCUT2D eigenvalue weighted by molar-refractivity contribution is 0.0524. The standard InChI is InChI=1S/C16H17NO3/c1-3-19-16(18)12-7-8-13(14-9-4-10(2)20-14)17-15(12)11-5-6-11/h4,7-9,11H,3,5-6H2,1-2H3. The topological polar surface area (TPSA) is 52.3 Å². The molecule has 2 heterocycles. The number of hydrogen-bond acceptors (Lipinski definition) is 4. The zero-order chi connectivity index (χ0) is 14.1. The number of carbonyl (C=O) groups excluding carboxylic acids is 1. The van der Waals surface area contributed by atoms with Gasteiger partial charge in [-0.05, 0) is 51.0 Å². The number of ether oxygens (including phenoxy) is 1. The molecule has 1 aliphatic carbocycles. The van der Waals surface area contributed by atoms with Crippen molar-refractivity contribution < 1.29 is 13.9 Å². The number of furan rings is 1. The first-order valence-electron chi connectivity index (χ1n) is 6.94. The zero-order valence-electron chi connectivity index (χ0n) is 11.7. The Morgan fingerprint density at radius 1 is 1.35 bits per heavy atom. The van der Waals surface area contributed by atoms with Crippen LogP contribution in [0.15, 0.2) is 28.7 Å². The average molecular weight is 271 g/mol. The van der Waals surface area contributed by atoms with Gasteiger partial charge in [-0.2, -0.15) is 0 Å². The third kappa shape index (κ3) is 2.46. The summed E-state index contributed by atoms with van der Waals surface area (Å²) < 4.78 is 10.7. The molecule has 2 aromatic heterocycles. The molecule has 0 atom stereocenters. The Morgan fingerprint density at radius 3 is 2.75 bits per heavy atom. The molecule has 4 nitrogen and oxygen atoms in total. The lowest BCUT2D eigenvalue weighted by Gasteiger charge is -2.08. The Hall–Kier alpha value is -2.10. The maximum Gasteiger partial charge on any atom is 0.339 e. The second kappa shape index (κ2) is 5.12. The number of carbonyl (C=O) groups is 1. The van der Waals surface area contributed by atoms with Crippen LogP contribution in [-0.4, -0.2) is 17.6 Å². The van der Waals surface area contributed by atoms with E-state index in [-0.39, 0.29) is 5.97 Å². The fraction of sp³-hybridized carbons (Fsp3) is 0.375. The third-order valence-electron chi connectivity index (χ3n) is 3.38. The summed E-state index contributed by atoms with van der Waals surface area (Å²) in [4.78, 5) is 16.6. The molecule has 0 spiro atoms. The highest BCUT2D eigenvalue weighted by molar-refractivity contribution is 5.91. The van der Waals surface area contributed by atoms with E-state index in [9.17, 15) is 4.79 Å². The van der Waals surface area contributed by atoms with Crippen LogP contribution >= 0.6 is 0 Å². The van der Waals surface area contributed by atoms with Crippen molar-refractivity contribution in [2.24, 2.45) is 0 Å². The molecule has 3 rings (SSSR count). The molecule has 0 radical (unpaired) electrons. The predicted molar refractivity (Wildman–Crippen MR) is 74.6 cm³/mol. The minimum atomic E-state index is -0.288. The lowest BCUT2D eigenvalue weighted by Crippen LogP contribution is -2.09. The molecule has 1 saturated carbocycles. The van der Waals surface area contributed by atoms with Crippen molar-refractivity contribution in [3.8, 4) is 11.5 Å². The highest BCUT2D eigenvalue weighted by Gasteiger charge is 2.30. The van der Waals surface area contributed by atoms with Gasteiger partial charge in [-0.1, -0.05) is 0 Å². The average Bonchev–Trinajstić information content (AvgIpc) is 3.20. The first-order chi connectivity index (χ1) is 9.69. The van der Waals surface area contributed by atoms with Crippen LogP contribution in [0.25, 0.3) is 11.5 Å². The molecule has 0 bridgehead atoms. The van der Waals surface area contributed by atoms with Gasteiger partial charge in [-0.3, -0.25) is 0 Å². The molecule has 0 aliphatic heterocycles. The third-order valence-corrected chi connectivity index (χ3v) is 3.38. The number of aryl methyl sites for hydroxylation is 1. The summed E-state index contributed by atoms with van der Waals surface area (Å²) in [6.07, 6.45) is 2.17. The summed E-state index contributed by atoms with van der Waals surface area (Å²) in [5, 5.41) is 0. The minimum Gasteiger partial charge on any atom is -0.462 e. The van der Waals surface area contributed by atoms with Crippen molar-refractivity contribution in [3.63, 3.8) is 0 Å². The Morgan fingerprint density at radius 2 is 2.15 bits per heavy atom. The van der Waals surface area contributed by atoms with Gasteiger partial charge in [0.05, 0.1) is 17.9 Å². The van der Waals surface area contributed by atoms with E-state index in [1.54, 1.807) is 6.07 Å². The largest absolute Gasteiger partial charge is 0.462 e. The van der Waals surface area contributed by atoms with Crippen LogP contribution < -0.4 is 0 Å². The lowest BCUT2D eigenvalue weighted by atomic mass is 10.1. The predicted octanol–water partition coefficient (Wildman–Crippen LogP) is 3.70. The highest BCUT2D eigenvalue weighted by Crippen LogP contribution is 2.41. The molecule has 0 aromatic carbocycles. The summed E-state index contributed by atoms with van der Waals surface area (Å²) >= 11 is 0. The van der Waals surface area contributed by atoms with E-state index >= 15 is 0 Å². The Labute approximate surface area is 117 Å².